The zero-order chi connectivity index (χ0) is 10.4. The molecule has 1 aromatic rings. The molecule has 0 aliphatic heterocycles. The van der Waals surface area contributed by atoms with E-state index in [-0.39, 0.29) is 5.91 Å². The molecule has 0 fully saturated rings. The summed E-state index contributed by atoms with van der Waals surface area (Å²) in [6.07, 6.45) is 2.09. The van der Waals surface area contributed by atoms with E-state index in [0.717, 1.165) is 5.69 Å². The van der Waals surface area contributed by atoms with Crippen LogP contribution in [0, 0.1) is 0 Å². The topological polar surface area (TPSA) is 55.1 Å². The molecule has 3 N–H and O–H groups in total. The van der Waals surface area contributed by atoms with Crippen molar-refractivity contribution in [3.8, 4) is 0 Å². The van der Waals surface area contributed by atoms with Gasteiger partial charge in [0, 0.05) is 17.5 Å². The van der Waals surface area contributed by atoms with Gasteiger partial charge in [0.15, 0.2) is 0 Å². The second kappa shape index (κ2) is 5.07. The highest BCUT2D eigenvalue weighted by Gasteiger charge is 1.97. The molecule has 1 rings (SSSR count). The van der Waals surface area contributed by atoms with Gasteiger partial charge in [0.05, 0.1) is 0 Å². The number of amides is 1. The summed E-state index contributed by atoms with van der Waals surface area (Å²) in [6.45, 7) is 1.90. The Morgan fingerprint density at radius 1 is 1.43 bits per heavy atom. The van der Waals surface area contributed by atoms with Crippen molar-refractivity contribution in [2.24, 2.45) is 5.73 Å². The third kappa shape index (κ3) is 3.31. The largest absolute Gasteiger partial charge is 0.402 e. The molecule has 0 saturated heterocycles. The van der Waals surface area contributed by atoms with Crippen molar-refractivity contribution in [1.29, 1.82) is 0 Å². The maximum Gasteiger partial charge on any atom is 0.250 e. The monoisotopic (exact) mass is 190 g/mol. The quantitative estimate of drug-likeness (QED) is 0.715. The summed E-state index contributed by atoms with van der Waals surface area (Å²) in [6, 6.07) is 9.28. The molecule has 3 nitrogen and oxygen atoms in total. The minimum Gasteiger partial charge on any atom is -0.402 e. The molecule has 0 unspecified atom stereocenters. The molecule has 0 atom stereocenters. The van der Waals surface area contributed by atoms with E-state index in [2.05, 4.69) is 5.32 Å². The number of carbonyl (C=O) groups excluding carboxylic acids is 1. The minimum absolute atomic E-state index is 0.185. The predicted molar refractivity (Wildman–Crippen MR) is 57.6 cm³/mol. The van der Waals surface area contributed by atoms with Crippen LogP contribution in [0.3, 0.4) is 0 Å². The van der Waals surface area contributed by atoms with Crippen LogP contribution >= 0.6 is 0 Å². The Balaban J connectivity index is 2.58. The van der Waals surface area contributed by atoms with Crippen LogP contribution in [0.15, 0.2) is 42.1 Å². The Morgan fingerprint density at radius 2 is 2.07 bits per heavy atom. The van der Waals surface area contributed by atoms with Crippen LogP contribution in [0.1, 0.15) is 13.3 Å². The van der Waals surface area contributed by atoms with Gasteiger partial charge in [-0.05, 0) is 18.6 Å². The van der Waals surface area contributed by atoms with Gasteiger partial charge in [0.1, 0.15) is 0 Å². The minimum atomic E-state index is -0.185. The molecule has 0 aromatic heterocycles. The van der Waals surface area contributed by atoms with E-state index in [4.69, 9.17) is 5.73 Å². The van der Waals surface area contributed by atoms with E-state index >= 15 is 0 Å². The number of para-hydroxylation sites is 1. The Hall–Kier alpha value is -1.77. The molecule has 0 aliphatic carbocycles. The molecule has 0 bridgehead atoms. The number of hydrogen-bond acceptors (Lipinski definition) is 2. The van der Waals surface area contributed by atoms with Gasteiger partial charge in [0.2, 0.25) is 5.91 Å². The first kappa shape index (κ1) is 10.3. The molecule has 14 heavy (non-hydrogen) atoms. The van der Waals surface area contributed by atoms with E-state index in [1.165, 1.54) is 6.08 Å². The molecule has 1 aromatic carbocycles. The predicted octanol–water partition coefficient (Wildman–Crippen LogP) is 1.88. The van der Waals surface area contributed by atoms with Crippen molar-refractivity contribution >= 4 is 11.6 Å². The summed E-state index contributed by atoms with van der Waals surface area (Å²) in [5.74, 6) is -0.185. The van der Waals surface area contributed by atoms with Gasteiger partial charge in [-0.25, -0.2) is 0 Å². The smallest absolute Gasteiger partial charge is 0.250 e. The zero-order valence-corrected chi connectivity index (χ0v) is 8.16. The number of benzene rings is 1. The first-order valence-electron chi connectivity index (χ1n) is 4.54. The molecule has 0 saturated carbocycles. The molecule has 0 radical (unpaired) electrons. The van der Waals surface area contributed by atoms with Gasteiger partial charge in [0.25, 0.3) is 0 Å². The van der Waals surface area contributed by atoms with Gasteiger partial charge in [-0.1, -0.05) is 25.1 Å². The Bertz CT molecular complexity index is 330. The molecule has 3 heteroatoms. The number of allylic oxidation sites excluding steroid dienone is 1. The maximum atomic E-state index is 11.3. The van der Waals surface area contributed by atoms with Gasteiger partial charge < -0.3 is 11.1 Å². The van der Waals surface area contributed by atoms with E-state index in [1.54, 1.807) is 0 Å². The van der Waals surface area contributed by atoms with E-state index in [1.807, 2.05) is 37.3 Å². The average molecular weight is 190 g/mol. The van der Waals surface area contributed by atoms with Gasteiger partial charge in [-0.15, -0.1) is 0 Å². The zero-order valence-electron chi connectivity index (χ0n) is 8.16. The van der Waals surface area contributed by atoms with Crippen LogP contribution in [0.2, 0.25) is 0 Å². The SMILES string of the molecule is CCC(N)=CC(=O)Nc1ccccc1. The molecular weight excluding hydrogens is 176 g/mol. The van der Waals surface area contributed by atoms with Crippen molar-refractivity contribution in [3.63, 3.8) is 0 Å². The first-order chi connectivity index (χ1) is 6.72. The third-order valence-corrected chi connectivity index (χ3v) is 1.77. The van der Waals surface area contributed by atoms with Gasteiger partial charge >= 0.3 is 0 Å². The summed E-state index contributed by atoms with van der Waals surface area (Å²) in [4.78, 5) is 11.3. The second-order valence-electron chi connectivity index (χ2n) is 2.93. The molecular formula is C11H14N2O. The van der Waals surface area contributed by atoms with E-state index < -0.39 is 0 Å². The second-order valence-corrected chi connectivity index (χ2v) is 2.93. The highest BCUT2D eigenvalue weighted by Crippen LogP contribution is 2.05. The lowest BCUT2D eigenvalue weighted by Gasteiger charge is -2.01. The van der Waals surface area contributed by atoms with Crippen molar-refractivity contribution < 1.29 is 4.79 Å². The van der Waals surface area contributed by atoms with Crippen molar-refractivity contribution in [2.45, 2.75) is 13.3 Å². The highest BCUT2D eigenvalue weighted by atomic mass is 16.1. The fourth-order valence-electron chi connectivity index (χ4n) is 0.970. The van der Waals surface area contributed by atoms with Crippen LogP contribution in [-0.2, 0) is 4.79 Å². The average Bonchev–Trinajstić information content (AvgIpc) is 2.19. The Morgan fingerprint density at radius 3 is 2.64 bits per heavy atom. The number of nitrogens with one attached hydrogen (secondary N) is 1. The number of anilines is 1. The summed E-state index contributed by atoms with van der Waals surface area (Å²) in [5.41, 5.74) is 6.89. The lowest BCUT2D eigenvalue weighted by Crippen LogP contribution is -2.10. The fourth-order valence-corrected chi connectivity index (χ4v) is 0.970. The summed E-state index contributed by atoms with van der Waals surface area (Å²) in [5, 5.41) is 2.71. The Labute approximate surface area is 83.6 Å². The molecule has 0 spiro atoms. The van der Waals surface area contributed by atoms with Crippen LogP contribution in [-0.4, -0.2) is 5.91 Å². The Kier molecular flexibility index (Phi) is 3.73. The van der Waals surface area contributed by atoms with Crippen LogP contribution < -0.4 is 11.1 Å². The first-order valence-corrected chi connectivity index (χ1v) is 4.54. The molecule has 0 aliphatic rings. The molecule has 1 amide bonds. The number of nitrogens with two attached hydrogens (primary N) is 1. The van der Waals surface area contributed by atoms with Crippen LogP contribution in [0.5, 0.6) is 0 Å². The lowest BCUT2D eigenvalue weighted by molar-refractivity contribution is -0.112. The van der Waals surface area contributed by atoms with Crippen molar-refractivity contribution in [2.75, 3.05) is 5.32 Å². The van der Waals surface area contributed by atoms with E-state index in [0.29, 0.717) is 12.1 Å². The van der Waals surface area contributed by atoms with Gasteiger partial charge in [-0.2, -0.15) is 0 Å². The van der Waals surface area contributed by atoms with Gasteiger partial charge in [-0.3, -0.25) is 4.79 Å². The molecule has 74 valence electrons. The summed E-state index contributed by atoms with van der Waals surface area (Å²) in [7, 11) is 0. The lowest BCUT2D eigenvalue weighted by atomic mass is 10.3. The number of carbonyl (C=O) groups is 1. The highest BCUT2D eigenvalue weighted by molar-refractivity contribution is 5.99. The fraction of sp³-hybridized carbons (Fsp3) is 0.182. The number of rotatable bonds is 3. The summed E-state index contributed by atoms with van der Waals surface area (Å²) >= 11 is 0. The summed E-state index contributed by atoms with van der Waals surface area (Å²) < 4.78 is 0. The van der Waals surface area contributed by atoms with Crippen LogP contribution in [0.25, 0.3) is 0 Å². The number of hydrogen-bond donors (Lipinski definition) is 2. The van der Waals surface area contributed by atoms with Crippen LogP contribution in [0.4, 0.5) is 5.69 Å². The normalized spacial score (nSPS) is 11.1. The third-order valence-electron chi connectivity index (χ3n) is 1.77. The standard InChI is InChI=1S/C11H14N2O/c1-2-9(12)8-11(14)13-10-6-4-3-5-7-10/h3-8H,2,12H2,1H3,(H,13,14). The maximum absolute atomic E-state index is 11.3. The molecule has 0 heterocycles. The van der Waals surface area contributed by atoms with Crippen molar-refractivity contribution in [1.82, 2.24) is 0 Å². The van der Waals surface area contributed by atoms with E-state index in [9.17, 15) is 4.79 Å². The van der Waals surface area contributed by atoms with Crippen molar-refractivity contribution in [3.05, 3.63) is 42.1 Å².